The standard InChI is InChI=1S/C12H14BrN5S/c1-18-12(15-16-17-18)19-11-6-9(13)3-2-8(11)7-14-10-4-5-10/h2-3,6,10,14H,4-5,7H2,1H3. The summed E-state index contributed by atoms with van der Waals surface area (Å²) in [6.45, 7) is 0.894. The van der Waals surface area contributed by atoms with Gasteiger partial charge in [-0.25, -0.2) is 4.68 Å². The minimum atomic E-state index is 0.706. The Morgan fingerprint density at radius 3 is 3.00 bits per heavy atom. The van der Waals surface area contributed by atoms with E-state index >= 15 is 0 Å². The van der Waals surface area contributed by atoms with Gasteiger partial charge in [0.05, 0.1) is 0 Å². The molecule has 0 saturated heterocycles. The van der Waals surface area contributed by atoms with Crippen molar-refractivity contribution in [2.45, 2.75) is 35.5 Å². The predicted molar refractivity (Wildman–Crippen MR) is 76.9 cm³/mol. The van der Waals surface area contributed by atoms with E-state index in [2.05, 4.69) is 55.0 Å². The van der Waals surface area contributed by atoms with Crippen LogP contribution in [0.5, 0.6) is 0 Å². The van der Waals surface area contributed by atoms with Crippen molar-refractivity contribution in [2.75, 3.05) is 0 Å². The Kier molecular flexibility index (Phi) is 3.86. The average molecular weight is 340 g/mol. The summed E-state index contributed by atoms with van der Waals surface area (Å²) in [6.07, 6.45) is 2.60. The summed E-state index contributed by atoms with van der Waals surface area (Å²) in [5, 5.41) is 15.9. The number of benzene rings is 1. The minimum absolute atomic E-state index is 0.706. The van der Waals surface area contributed by atoms with E-state index < -0.39 is 0 Å². The third kappa shape index (κ3) is 3.34. The summed E-state index contributed by atoms with van der Waals surface area (Å²) < 4.78 is 2.75. The molecular formula is C12H14BrN5S. The normalized spacial score (nSPS) is 14.8. The Balaban J connectivity index is 1.80. The summed E-state index contributed by atoms with van der Waals surface area (Å²) in [7, 11) is 1.85. The zero-order valence-corrected chi connectivity index (χ0v) is 12.9. The molecular weight excluding hydrogens is 326 g/mol. The number of aryl methyl sites for hydroxylation is 1. The van der Waals surface area contributed by atoms with Crippen molar-refractivity contribution in [3.63, 3.8) is 0 Å². The quantitative estimate of drug-likeness (QED) is 0.906. The molecule has 19 heavy (non-hydrogen) atoms. The number of aromatic nitrogens is 4. The number of hydrogen-bond acceptors (Lipinski definition) is 5. The SMILES string of the molecule is Cn1nnnc1Sc1cc(Br)ccc1CNC1CC1. The van der Waals surface area contributed by atoms with E-state index in [4.69, 9.17) is 0 Å². The summed E-state index contributed by atoms with van der Waals surface area (Å²) in [5.41, 5.74) is 1.28. The van der Waals surface area contributed by atoms with Gasteiger partial charge in [0.2, 0.25) is 5.16 Å². The van der Waals surface area contributed by atoms with E-state index in [0.29, 0.717) is 6.04 Å². The molecule has 1 aromatic heterocycles. The zero-order valence-electron chi connectivity index (χ0n) is 10.5. The largest absolute Gasteiger partial charge is 0.310 e. The molecule has 1 aliphatic carbocycles. The van der Waals surface area contributed by atoms with Crippen LogP contribution >= 0.6 is 27.7 Å². The van der Waals surface area contributed by atoms with Gasteiger partial charge in [-0.05, 0) is 52.7 Å². The molecule has 5 nitrogen and oxygen atoms in total. The van der Waals surface area contributed by atoms with Gasteiger partial charge in [-0.1, -0.05) is 22.0 Å². The molecule has 0 aliphatic heterocycles. The molecule has 1 aromatic carbocycles. The number of nitrogens with one attached hydrogen (secondary N) is 1. The Morgan fingerprint density at radius 1 is 1.47 bits per heavy atom. The van der Waals surface area contributed by atoms with Crippen molar-refractivity contribution in [1.29, 1.82) is 0 Å². The fourth-order valence-electron chi connectivity index (χ4n) is 1.72. The van der Waals surface area contributed by atoms with Crippen molar-refractivity contribution in [1.82, 2.24) is 25.5 Å². The Labute approximate surface area is 124 Å². The maximum Gasteiger partial charge on any atom is 0.213 e. The van der Waals surface area contributed by atoms with Gasteiger partial charge in [0.25, 0.3) is 0 Å². The topological polar surface area (TPSA) is 55.6 Å². The molecule has 7 heteroatoms. The van der Waals surface area contributed by atoms with Crippen LogP contribution in [-0.4, -0.2) is 26.2 Å². The predicted octanol–water partition coefficient (Wildman–Crippen LogP) is 2.38. The van der Waals surface area contributed by atoms with Crippen molar-refractivity contribution >= 4 is 27.7 Å². The molecule has 1 saturated carbocycles. The van der Waals surface area contributed by atoms with Crippen molar-refractivity contribution in [3.05, 3.63) is 28.2 Å². The lowest BCUT2D eigenvalue weighted by Gasteiger charge is -2.09. The van der Waals surface area contributed by atoms with Crippen LogP contribution in [0.25, 0.3) is 0 Å². The van der Waals surface area contributed by atoms with Gasteiger partial charge in [-0.3, -0.25) is 0 Å². The van der Waals surface area contributed by atoms with Crippen molar-refractivity contribution in [3.8, 4) is 0 Å². The highest BCUT2D eigenvalue weighted by molar-refractivity contribution is 9.10. The van der Waals surface area contributed by atoms with Crippen molar-refractivity contribution in [2.24, 2.45) is 7.05 Å². The van der Waals surface area contributed by atoms with Gasteiger partial charge >= 0.3 is 0 Å². The first kappa shape index (κ1) is 13.1. The van der Waals surface area contributed by atoms with E-state index in [9.17, 15) is 0 Å². The molecule has 0 atom stereocenters. The third-order valence-electron chi connectivity index (χ3n) is 2.97. The second-order valence-corrected chi connectivity index (χ2v) is 6.52. The van der Waals surface area contributed by atoms with Crippen molar-refractivity contribution < 1.29 is 0 Å². The lowest BCUT2D eigenvalue weighted by molar-refractivity contribution is 0.663. The van der Waals surface area contributed by atoms with E-state index in [-0.39, 0.29) is 0 Å². The van der Waals surface area contributed by atoms with Gasteiger partial charge in [0.15, 0.2) is 0 Å². The van der Waals surface area contributed by atoms with Crippen LogP contribution in [0, 0.1) is 0 Å². The van der Waals surface area contributed by atoms with Crippen LogP contribution in [0.4, 0.5) is 0 Å². The highest BCUT2D eigenvalue weighted by atomic mass is 79.9. The summed E-state index contributed by atoms with van der Waals surface area (Å²) >= 11 is 5.11. The molecule has 100 valence electrons. The Bertz CT molecular complexity index is 581. The summed E-state index contributed by atoms with van der Waals surface area (Å²) in [6, 6.07) is 7.04. The number of nitrogens with zero attached hydrogens (tertiary/aromatic N) is 4. The second-order valence-electron chi connectivity index (χ2n) is 4.59. The third-order valence-corrected chi connectivity index (χ3v) is 4.59. The zero-order chi connectivity index (χ0) is 13.2. The molecule has 0 radical (unpaired) electrons. The lowest BCUT2D eigenvalue weighted by Crippen LogP contribution is -2.15. The van der Waals surface area contributed by atoms with E-state index in [1.54, 1.807) is 16.4 Å². The Morgan fingerprint density at radius 2 is 2.32 bits per heavy atom. The van der Waals surface area contributed by atoms with Gasteiger partial charge in [-0.15, -0.1) is 5.10 Å². The second kappa shape index (κ2) is 5.60. The van der Waals surface area contributed by atoms with Gasteiger partial charge in [0, 0.05) is 29.0 Å². The van der Waals surface area contributed by atoms with E-state index in [1.165, 1.54) is 23.3 Å². The van der Waals surface area contributed by atoms with Gasteiger partial charge in [0.1, 0.15) is 0 Å². The number of hydrogen-bond donors (Lipinski definition) is 1. The highest BCUT2D eigenvalue weighted by Gasteiger charge is 2.20. The maximum absolute atomic E-state index is 4.02. The smallest absolute Gasteiger partial charge is 0.213 e. The van der Waals surface area contributed by atoms with Gasteiger partial charge < -0.3 is 5.32 Å². The van der Waals surface area contributed by atoms with Crippen LogP contribution in [-0.2, 0) is 13.6 Å². The van der Waals surface area contributed by atoms with E-state index in [1.807, 2.05) is 7.05 Å². The fourth-order valence-corrected chi connectivity index (χ4v) is 3.13. The van der Waals surface area contributed by atoms with Crippen LogP contribution in [0.15, 0.2) is 32.7 Å². The van der Waals surface area contributed by atoms with Crippen LogP contribution in [0.1, 0.15) is 18.4 Å². The molecule has 0 amide bonds. The molecule has 0 bridgehead atoms. The molecule has 1 fully saturated rings. The first-order valence-electron chi connectivity index (χ1n) is 6.14. The fraction of sp³-hybridized carbons (Fsp3) is 0.417. The molecule has 0 spiro atoms. The summed E-state index contributed by atoms with van der Waals surface area (Å²) in [4.78, 5) is 1.18. The highest BCUT2D eigenvalue weighted by Crippen LogP contribution is 2.31. The lowest BCUT2D eigenvalue weighted by atomic mass is 10.2. The molecule has 1 heterocycles. The summed E-state index contributed by atoms with van der Waals surface area (Å²) in [5.74, 6) is 0. The molecule has 1 aliphatic rings. The van der Waals surface area contributed by atoms with Crippen LogP contribution < -0.4 is 5.32 Å². The molecule has 1 N–H and O–H groups in total. The van der Waals surface area contributed by atoms with Crippen LogP contribution in [0.2, 0.25) is 0 Å². The molecule has 0 unspecified atom stereocenters. The van der Waals surface area contributed by atoms with E-state index in [0.717, 1.165) is 16.2 Å². The van der Waals surface area contributed by atoms with Crippen LogP contribution in [0.3, 0.4) is 0 Å². The number of tetrazole rings is 1. The molecule has 2 aromatic rings. The number of rotatable bonds is 5. The van der Waals surface area contributed by atoms with Gasteiger partial charge in [-0.2, -0.15) is 0 Å². The monoisotopic (exact) mass is 339 g/mol. The first-order valence-corrected chi connectivity index (χ1v) is 7.75. The first-order chi connectivity index (χ1) is 9.22. The number of halogens is 1. The Hall–Kier alpha value is -0.920. The molecule has 3 rings (SSSR count). The maximum atomic E-state index is 4.02. The minimum Gasteiger partial charge on any atom is -0.310 e. The average Bonchev–Trinajstić information content (AvgIpc) is 3.13.